The van der Waals surface area contributed by atoms with Crippen LogP contribution in [0.25, 0.3) is 0 Å². The molecule has 2 unspecified atom stereocenters. The molecule has 0 bridgehead atoms. The van der Waals surface area contributed by atoms with Gasteiger partial charge in [-0.3, -0.25) is 9.59 Å². The number of hydrogen-bond acceptors (Lipinski definition) is 8. The van der Waals surface area contributed by atoms with E-state index in [2.05, 4.69) is 26.0 Å². The molecule has 9 nitrogen and oxygen atoms in total. The highest BCUT2D eigenvalue weighted by molar-refractivity contribution is 5.70. The molecule has 0 aromatic heterocycles. The van der Waals surface area contributed by atoms with Gasteiger partial charge >= 0.3 is 11.9 Å². The Morgan fingerprint density at radius 3 is 1.19 bits per heavy atom. The molecule has 0 spiro atoms. The number of hydrogen-bond donors (Lipinski definition) is 0. The summed E-state index contributed by atoms with van der Waals surface area (Å²) < 4.78 is 22.6. The van der Waals surface area contributed by atoms with E-state index < -0.39 is 24.3 Å². The molecule has 0 aromatic rings. The van der Waals surface area contributed by atoms with Crippen LogP contribution in [0.3, 0.4) is 0 Å². The molecule has 0 N–H and O–H groups in total. The second-order valence-electron chi connectivity index (χ2n) is 19.2. The standard InChI is InChI=1S/C53H101NO8/c1-6-8-10-12-14-16-18-20-21-22-23-24-25-26-27-28-29-30-31-32-34-36-38-40-42-44-51(56)62-49(48-61-53(52(57)58)59-46-45-54(3,4)5)47-60-50(55)43-41-39-37-35-33-19-17-15-13-11-9-7-2/h22-23,49,53H,6-21,24-48H2,1-5H3/b23-22-. The summed E-state index contributed by atoms with van der Waals surface area (Å²) in [5.41, 5.74) is 0. The van der Waals surface area contributed by atoms with E-state index in [-0.39, 0.29) is 32.2 Å². The molecule has 366 valence electrons. The summed E-state index contributed by atoms with van der Waals surface area (Å²) in [6.45, 7) is 4.77. The van der Waals surface area contributed by atoms with Gasteiger partial charge in [0.05, 0.1) is 40.3 Å². The maximum atomic E-state index is 12.8. The molecule has 9 heteroatoms. The highest BCUT2D eigenvalue weighted by atomic mass is 16.7. The number of quaternary nitrogens is 1. The first kappa shape index (κ1) is 60.0. The molecule has 0 saturated carbocycles. The highest BCUT2D eigenvalue weighted by Crippen LogP contribution is 2.16. The number of ether oxygens (including phenoxy) is 4. The first-order valence-corrected chi connectivity index (χ1v) is 26.3. The topological polar surface area (TPSA) is 111 Å². The SMILES string of the molecule is CCCCCCCCCC/C=C\CCCCCCCCCCCCCCCC(=O)OC(COC(=O)CCCCCCCCCCCCCC)COC(OCC[N+](C)(C)C)C(=O)[O-]. The van der Waals surface area contributed by atoms with E-state index in [1.807, 2.05) is 21.1 Å². The van der Waals surface area contributed by atoms with Gasteiger partial charge in [0.15, 0.2) is 12.4 Å². The second-order valence-corrected chi connectivity index (χ2v) is 19.2. The lowest BCUT2D eigenvalue weighted by molar-refractivity contribution is -0.870. The molecule has 0 fully saturated rings. The van der Waals surface area contributed by atoms with Gasteiger partial charge in [0.25, 0.3) is 0 Å². The normalized spacial score (nSPS) is 12.9. The fraction of sp³-hybridized carbons (Fsp3) is 0.906. The average Bonchev–Trinajstić information content (AvgIpc) is 3.23. The van der Waals surface area contributed by atoms with Gasteiger partial charge in [-0.25, -0.2) is 0 Å². The number of carboxylic acids is 1. The van der Waals surface area contributed by atoms with Crippen molar-refractivity contribution < 1.29 is 42.9 Å². The van der Waals surface area contributed by atoms with Crippen molar-refractivity contribution in [2.75, 3.05) is 47.5 Å². The third kappa shape index (κ3) is 46.0. The number of allylic oxidation sites excluding steroid dienone is 2. The van der Waals surface area contributed by atoms with E-state index in [1.54, 1.807) is 0 Å². The van der Waals surface area contributed by atoms with Crippen molar-refractivity contribution in [2.24, 2.45) is 0 Å². The number of carbonyl (C=O) groups is 3. The Kier molecular flexibility index (Phi) is 44.1. The van der Waals surface area contributed by atoms with Crippen LogP contribution in [-0.2, 0) is 33.3 Å². The first-order valence-electron chi connectivity index (χ1n) is 26.3. The predicted octanol–water partition coefficient (Wildman–Crippen LogP) is 13.3. The van der Waals surface area contributed by atoms with Gasteiger partial charge in [-0.05, 0) is 38.5 Å². The van der Waals surface area contributed by atoms with Crippen LogP contribution < -0.4 is 5.11 Å². The average molecular weight is 880 g/mol. The Bertz CT molecular complexity index is 1030. The lowest BCUT2D eigenvalue weighted by atomic mass is 10.0. The molecule has 0 aliphatic rings. The molecule has 0 aliphatic heterocycles. The summed E-state index contributed by atoms with van der Waals surface area (Å²) in [4.78, 5) is 37.1. The van der Waals surface area contributed by atoms with E-state index in [9.17, 15) is 19.5 Å². The third-order valence-corrected chi connectivity index (χ3v) is 11.8. The van der Waals surface area contributed by atoms with Crippen LogP contribution in [0.4, 0.5) is 0 Å². The van der Waals surface area contributed by atoms with E-state index >= 15 is 0 Å². The molecule has 0 heterocycles. The van der Waals surface area contributed by atoms with Crippen molar-refractivity contribution in [1.82, 2.24) is 0 Å². The number of likely N-dealkylation sites (N-methyl/N-ethyl adjacent to an activating group) is 1. The van der Waals surface area contributed by atoms with Gasteiger partial charge in [0.1, 0.15) is 13.2 Å². The van der Waals surface area contributed by atoms with Crippen molar-refractivity contribution in [3.63, 3.8) is 0 Å². The van der Waals surface area contributed by atoms with Crippen molar-refractivity contribution in [3.05, 3.63) is 12.2 Å². The largest absolute Gasteiger partial charge is 0.545 e. The van der Waals surface area contributed by atoms with Crippen LogP contribution in [-0.4, -0.2) is 82.3 Å². The molecular weight excluding hydrogens is 779 g/mol. The molecule has 0 saturated heterocycles. The number of carbonyl (C=O) groups excluding carboxylic acids is 3. The quantitative estimate of drug-likeness (QED) is 0.0195. The Balaban J connectivity index is 4.20. The first-order chi connectivity index (χ1) is 30.1. The number of esters is 2. The molecule has 0 aromatic carbocycles. The minimum absolute atomic E-state index is 0.151. The number of nitrogens with zero attached hydrogens (tertiary/aromatic N) is 1. The molecule has 0 rings (SSSR count). The van der Waals surface area contributed by atoms with E-state index in [1.165, 1.54) is 186 Å². The van der Waals surface area contributed by atoms with E-state index in [4.69, 9.17) is 18.9 Å². The zero-order valence-corrected chi connectivity index (χ0v) is 41.5. The summed E-state index contributed by atoms with van der Waals surface area (Å²) in [5.74, 6) is -2.27. The van der Waals surface area contributed by atoms with Crippen molar-refractivity contribution in [2.45, 2.75) is 264 Å². The molecule has 0 aliphatic carbocycles. The van der Waals surface area contributed by atoms with E-state index in [0.29, 0.717) is 17.4 Å². The molecule has 0 amide bonds. The minimum atomic E-state index is -1.61. The lowest BCUT2D eigenvalue weighted by Gasteiger charge is -2.26. The van der Waals surface area contributed by atoms with Crippen LogP contribution >= 0.6 is 0 Å². The van der Waals surface area contributed by atoms with Crippen LogP contribution in [0, 0.1) is 0 Å². The Morgan fingerprint density at radius 1 is 0.468 bits per heavy atom. The number of unbranched alkanes of at least 4 members (excludes halogenated alkanes) is 32. The molecule has 2 atom stereocenters. The van der Waals surface area contributed by atoms with Crippen molar-refractivity contribution in [3.8, 4) is 0 Å². The fourth-order valence-corrected chi connectivity index (χ4v) is 7.65. The van der Waals surface area contributed by atoms with Crippen molar-refractivity contribution in [1.29, 1.82) is 0 Å². The number of carboxylic acid groups (broad SMARTS) is 1. The van der Waals surface area contributed by atoms with Gasteiger partial charge in [0, 0.05) is 12.8 Å². The Morgan fingerprint density at radius 2 is 0.823 bits per heavy atom. The van der Waals surface area contributed by atoms with Gasteiger partial charge < -0.3 is 33.3 Å². The monoisotopic (exact) mass is 880 g/mol. The second kappa shape index (κ2) is 45.6. The molecule has 0 radical (unpaired) electrons. The minimum Gasteiger partial charge on any atom is -0.545 e. The van der Waals surface area contributed by atoms with Crippen LogP contribution in [0.15, 0.2) is 12.2 Å². The van der Waals surface area contributed by atoms with Gasteiger partial charge in [-0.2, -0.15) is 0 Å². The van der Waals surface area contributed by atoms with Crippen molar-refractivity contribution >= 4 is 17.9 Å². The number of aliphatic carboxylic acids is 1. The smallest absolute Gasteiger partial charge is 0.306 e. The summed E-state index contributed by atoms with van der Waals surface area (Å²) in [6.07, 6.45) is 46.8. The Hall–Kier alpha value is -1.97. The van der Waals surface area contributed by atoms with Crippen LogP contribution in [0.5, 0.6) is 0 Å². The van der Waals surface area contributed by atoms with Gasteiger partial charge in [-0.15, -0.1) is 0 Å². The van der Waals surface area contributed by atoms with Gasteiger partial charge in [0.2, 0.25) is 0 Å². The zero-order chi connectivity index (χ0) is 45.6. The molecule has 62 heavy (non-hydrogen) atoms. The van der Waals surface area contributed by atoms with E-state index in [0.717, 1.165) is 38.5 Å². The van der Waals surface area contributed by atoms with Gasteiger partial charge in [-0.1, -0.05) is 212 Å². The molecular formula is C53H101NO8. The van der Waals surface area contributed by atoms with Crippen LogP contribution in [0.2, 0.25) is 0 Å². The highest BCUT2D eigenvalue weighted by Gasteiger charge is 2.22. The zero-order valence-electron chi connectivity index (χ0n) is 41.5. The third-order valence-electron chi connectivity index (χ3n) is 11.8. The fourth-order valence-electron chi connectivity index (χ4n) is 7.65. The number of rotatable bonds is 49. The maximum absolute atomic E-state index is 12.8. The Labute approximate surface area is 383 Å². The summed E-state index contributed by atoms with van der Waals surface area (Å²) in [6, 6.07) is 0. The lowest BCUT2D eigenvalue weighted by Crippen LogP contribution is -2.44. The maximum Gasteiger partial charge on any atom is 0.306 e. The summed E-state index contributed by atoms with van der Waals surface area (Å²) >= 11 is 0. The summed E-state index contributed by atoms with van der Waals surface area (Å²) in [5, 5.41) is 11.7. The van der Waals surface area contributed by atoms with Crippen LogP contribution in [0.1, 0.15) is 251 Å². The predicted molar refractivity (Wildman–Crippen MR) is 256 cm³/mol. The summed E-state index contributed by atoms with van der Waals surface area (Å²) in [7, 11) is 5.92.